The van der Waals surface area contributed by atoms with Crippen LogP contribution < -0.4 is 28.7 Å². The van der Waals surface area contributed by atoms with Crippen LogP contribution in [0.1, 0.15) is 30.1 Å². The largest absolute Gasteiger partial charge is 1.00 e. The van der Waals surface area contributed by atoms with E-state index in [1.54, 1.807) is 24.3 Å². The quantitative estimate of drug-likeness (QED) is 0.484. The van der Waals surface area contributed by atoms with Crippen molar-refractivity contribution in [2.45, 2.75) is 25.6 Å². The molecule has 0 aliphatic carbocycles. The molecule has 0 bridgehead atoms. The number of carbonyl (C=O) groups is 1. The summed E-state index contributed by atoms with van der Waals surface area (Å²) in [5, 5.41) is 20.3. The van der Waals surface area contributed by atoms with E-state index in [-0.39, 0.29) is 31.7 Å². The van der Waals surface area contributed by atoms with E-state index in [9.17, 15) is 15.0 Å². The van der Waals surface area contributed by atoms with E-state index in [0.717, 1.165) is 9.13 Å². The van der Waals surface area contributed by atoms with Gasteiger partial charge in [0.05, 0.1) is 6.10 Å². The summed E-state index contributed by atoms with van der Waals surface area (Å²) in [4.78, 5) is 10.4. The molecule has 6 heteroatoms. The normalized spacial score (nSPS) is 11.4. The molecule has 116 valence electrons. The maximum atomic E-state index is 10.4. The molecule has 0 aliphatic rings. The zero-order valence-corrected chi connectivity index (χ0v) is 15.0. The van der Waals surface area contributed by atoms with Crippen molar-refractivity contribution in [1.82, 2.24) is 0 Å². The van der Waals surface area contributed by atoms with Crippen molar-refractivity contribution in [1.29, 1.82) is 0 Å². The Balaban J connectivity index is 0.00000264. The van der Waals surface area contributed by atoms with Crippen LogP contribution in [-0.2, 0) is 11.4 Å². The van der Waals surface area contributed by atoms with Gasteiger partial charge in [-0.15, -0.1) is 0 Å². The number of hydrogen-bond acceptors (Lipinski definition) is 4. The van der Waals surface area contributed by atoms with Gasteiger partial charge < -0.3 is 19.7 Å². The Morgan fingerprint density at radius 3 is 2.43 bits per heavy atom. The van der Waals surface area contributed by atoms with Crippen LogP contribution in [0.2, 0.25) is 0 Å². The topological polar surface area (TPSA) is 69.6 Å². The Kier molecular flexibility index (Phi) is 8.70. The van der Waals surface area contributed by atoms with Crippen LogP contribution in [0, 0.1) is 3.57 Å². The minimum Gasteiger partial charge on any atom is -0.550 e. The summed E-state index contributed by atoms with van der Waals surface area (Å²) in [6.07, 6.45) is -0.821. The molecule has 0 fully saturated rings. The van der Waals surface area contributed by atoms with Crippen LogP contribution in [0.25, 0.3) is 0 Å². The van der Waals surface area contributed by atoms with Gasteiger partial charge in [0.25, 0.3) is 0 Å². The Bertz CT molecular complexity index is 631. The summed E-state index contributed by atoms with van der Waals surface area (Å²) >= 11 is 2.27. The molecule has 4 nitrogen and oxygen atoms in total. The fourth-order valence-corrected chi connectivity index (χ4v) is 2.53. The van der Waals surface area contributed by atoms with Crippen LogP contribution in [0.3, 0.4) is 0 Å². The predicted octanol–water partition coefficient (Wildman–Crippen LogP) is -0.562. The smallest absolute Gasteiger partial charge is 0.550 e. The van der Waals surface area contributed by atoms with Crippen LogP contribution >= 0.6 is 22.6 Å². The van der Waals surface area contributed by atoms with E-state index in [1.165, 1.54) is 0 Å². The van der Waals surface area contributed by atoms with Gasteiger partial charge in [0.15, 0.2) is 0 Å². The number of hydrogen-bond donors (Lipinski definition) is 1. The number of carboxylic acid groups (broad SMARTS) is 1. The zero-order valence-electron chi connectivity index (χ0n) is 12.9. The maximum Gasteiger partial charge on any atom is 1.00 e. The monoisotopic (exact) mass is 418 g/mol. The van der Waals surface area contributed by atoms with Crippen LogP contribution in [0.15, 0.2) is 48.5 Å². The van der Waals surface area contributed by atoms with E-state index in [4.69, 9.17) is 4.74 Å². The molecule has 2 aromatic carbocycles. The van der Waals surface area contributed by atoms with Crippen LogP contribution in [0.5, 0.6) is 5.75 Å². The Morgan fingerprint density at radius 2 is 1.83 bits per heavy atom. The van der Waals surface area contributed by atoms with E-state index >= 15 is 0 Å². The van der Waals surface area contributed by atoms with Crippen molar-refractivity contribution in [3.05, 3.63) is 63.2 Å². The van der Waals surface area contributed by atoms with Gasteiger partial charge in [-0.2, -0.15) is 0 Å². The molecule has 0 radical (unpaired) electrons. The van der Waals surface area contributed by atoms with E-state index in [0.29, 0.717) is 17.9 Å². The Hall–Kier alpha value is -1.00. The molecule has 2 aromatic rings. The van der Waals surface area contributed by atoms with E-state index < -0.39 is 12.1 Å². The van der Waals surface area contributed by atoms with E-state index in [2.05, 4.69) is 22.6 Å². The average molecular weight is 418 g/mol. The number of aliphatic hydroxyl groups is 1. The minimum atomic E-state index is -1.16. The van der Waals surface area contributed by atoms with E-state index in [1.807, 2.05) is 24.3 Å². The fraction of sp³-hybridized carbons (Fsp3) is 0.235. The third-order valence-corrected chi connectivity index (χ3v) is 4.29. The second-order valence-electron chi connectivity index (χ2n) is 4.88. The summed E-state index contributed by atoms with van der Waals surface area (Å²) in [6.45, 7) is 0.478. The van der Waals surface area contributed by atoms with Crippen molar-refractivity contribution >= 4 is 28.6 Å². The molecule has 0 aromatic heterocycles. The molecule has 0 saturated heterocycles. The molecular weight excluding hydrogens is 402 g/mol. The second-order valence-corrected chi connectivity index (χ2v) is 6.04. The number of ether oxygens (including phenoxy) is 1. The molecule has 0 saturated carbocycles. The molecule has 2 rings (SSSR count). The number of aliphatic carboxylic acids is 1. The first-order valence-corrected chi connectivity index (χ1v) is 7.98. The summed E-state index contributed by atoms with van der Waals surface area (Å²) in [7, 11) is 0. The first-order chi connectivity index (χ1) is 10.6. The van der Waals surface area contributed by atoms with Crippen LogP contribution in [0.4, 0.5) is 0 Å². The van der Waals surface area contributed by atoms with Crippen LogP contribution in [-0.4, -0.2) is 11.1 Å². The van der Waals surface area contributed by atoms with Gasteiger partial charge in [-0.3, -0.25) is 0 Å². The zero-order chi connectivity index (χ0) is 15.9. The fourth-order valence-electron chi connectivity index (χ4n) is 1.98. The Labute approximate surface area is 161 Å². The molecule has 1 atom stereocenters. The molecule has 0 aliphatic heterocycles. The third kappa shape index (κ3) is 6.56. The number of benzene rings is 2. The van der Waals surface area contributed by atoms with Gasteiger partial charge in [0.1, 0.15) is 12.4 Å². The summed E-state index contributed by atoms with van der Waals surface area (Å²) in [6, 6.07) is 15.0. The Morgan fingerprint density at radius 1 is 1.17 bits per heavy atom. The number of rotatable bonds is 7. The molecule has 23 heavy (non-hydrogen) atoms. The van der Waals surface area contributed by atoms with Crippen molar-refractivity contribution in [2.24, 2.45) is 0 Å². The minimum absolute atomic E-state index is 0. The predicted molar refractivity (Wildman–Crippen MR) is 89.1 cm³/mol. The van der Waals surface area contributed by atoms with Gasteiger partial charge in [0, 0.05) is 15.1 Å². The maximum absolute atomic E-state index is 10.4. The molecule has 0 amide bonds. The van der Waals surface area contributed by atoms with Gasteiger partial charge in [-0.1, -0.05) is 30.3 Å². The average Bonchev–Trinajstić information content (AvgIpc) is 2.52. The van der Waals surface area contributed by atoms with Crippen molar-refractivity contribution in [3.63, 3.8) is 0 Å². The van der Waals surface area contributed by atoms with Gasteiger partial charge in [-0.05, 0) is 59.2 Å². The van der Waals surface area contributed by atoms with Crippen molar-refractivity contribution in [3.8, 4) is 5.75 Å². The molecular formula is C17H16ILiO4. The summed E-state index contributed by atoms with van der Waals surface area (Å²) in [5.74, 6) is -0.452. The first-order valence-electron chi connectivity index (χ1n) is 6.90. The number of carboxylic acids is 1. The SMILES string of the molecule is O=C([O-])CCC(O)c1ccc(OCc2ccccc2I)cc1.[Li+]. The second kappa shape index (κ2) is 9.99. The molecule has 1 unspecified atom stereocenters. The van der Waals surface area contributed by atoms with Gasteiger partial charge >= 0.3 is 18.9 Å². The molecule has 0 spiro atoms. The van der Waals surface area contributed by atoms with Gasteiger partial charge in [0.2, 0.25) is 0 Å². The first kappa shape index (κ1) is 20.0. The van der Waals surface area contributed by atoms with Crippen molar-refractivity contribution < 1.29 is 38.6 Å². The standard InChI is InChI=1S/C17H17IO4.Li/c18-15-4-2-1-3-13(15)11-22-14-7-5-12(6-8-14)16(19)9-10-17(20)21;/h1-8,16,19H,9-11H2,(H,20,21);/q;+1/p-1. The molecule has 0 heterocycles. The third-order valence-electron chi connectivity index (χ3n) is 3.24. The summed E-state index contributed by atoms with van der Waals surface area (Å²) < 4.78 is 6.86. The van der Waals surface area contributed by atoms with Crippen molar-refractivity contribution in [2.75, 3.05) is 0 Å². The number of halogens is 1. The summed E-state index contributed by atoms with van der Waals surface area (Å²) in [5.41, 5.74) is 1.78. The van der Waals surface area contributed by atoms with Gasteiger partial charge in [-0.25, -0.2) is 0 Å². The number of aliphatic hydroxyl groups excluding tert-OH is 1. The number of carbonyl (C=O) groups excluding carboxylic acids is 1. The molecule has 1 N–H and O–H groups in total.